The van der Waals surface area contributed by atoms with E-state index in [4.69, 9.17) is 0 Å². The van der Waals surface area contributed by atoms with Gasteiger partial charge in [0.1, 0.15) is 6.42 Å². The van der Waals surface area contributed by atoms with Gasteiger partial charge in [-0.3, -0.25) is 9.59 Å². The van der Waals surface area contributed by atoms with Crippen LogP contribution in [0.15, 0.2) is 54.6 Å². The predicted octanol–water partition coefficient (Wildman–Crippen LogP) is 2.66. The first-order valence-electron chi connectivity index (χ1n) is 7.65. The van der Waals surface area contributed by atoms with Gasteiger partial charge in [-0.2, -0.15) is 0 Å². The first-order chi connectivity index (χ1) is 11.0. The average Bonchev–Trinajstić information content (AvgIpc) is 2.55. The summed E-state index contributed by atoms with van der Waals surface area (Å²) in [6.07, 6.45) is -0.130. The molecule has 0 aliphatic carbocycles. The van der Waals surface area contributed by atoms with E-state index in [1.54, 1.807) is 11.9 Å². The molecule has 0 aliphatic rings. The van der Waals surface area contributed by atoms with Crippen molar-refractivity contribution in [1.29, 1.82) is 0 Å². The molecule has 0 saturated heterocycles. The molecule has 2 aromatic carbocycles. The van der Waals surface area contributed by atoms with Gasteiger partial charge in [0.05, 0.1) is 0 Å². The van der Waals surface area contributed by atoms with Crippen molar-refractivity contribution < 1.29 is 9.59 Å². The highest BCUT2D eigenvalue weighted by Gasteiger charge is 2.14. The fourth-order valence-corrected chi connectivity index (χ4v) is 2.19. The monoisotopic (exact) mass is 310 g/mol. The number of carbonyl (C=O) groups is 2. The van der Waals surface area contributed by atoms with Gasteiger partial charge in [-0.05, 0) is 18.1 Å². The summed E-state index contributed by atoms with van der Waals surface area (Å²) in [5, 5.41) is 2.78. The van der Waals surface area contributed by atoms with Gasteiger partial charge in [0, 0.05) is 20.1 Å². The fourth-order valence-electron chi connectivity index (χ4n) is 2.19. The van der Waals surface area contributed by atoms with Crippen LogP contribution in [0, 0.1) is 6.92 Å². The molecule has 0 radical (unpaired) electrons. The third-order valence-electron chi connectivity index (χ3n) is 3.61. The molecule has 0 saturated carbocycles. The summed E-state index contributed by atoms with van der Waals surface area (Å²) in [6, 6.07) is 17.7. The standard InChI is InChI=1S/C19H22N2O2/c1-15-8-10-16(11-9-15)13-20-18(22)12-19(23)21(2)14-17-6-4-3-5-7-17/h3-11H,12-14H2,1-2H3,(H,20,22). The Kier molecular flexibility index (Phi) is 5.92. The van der Waals surface area contributed by atoms with Crippen LogP contribution in [-0.4, -0.2) is 23.8 Å². The van der Waals surface area contributed by atoms with E-state index in [0.717, 1.165) is 11.1 Å². The molecule has 1 N–H and O–H groups in total. The van der Waals surface area contributed by atoms with E-state index in [9.17, 15) is 9.59 Å². The molecule has 2 amide bonds. The Hall–Kier alpha value is -2.62. The average molecular weight is 310 g/mol. The number of aryl methyl sites for hydroxylation is 1. The maximum atomic E-state index is 12.1. The second kappa shape index (κ2) is 8.13. The molecule has 2 aromatic rings. The number of carbonyl (C=O) groups excluding carboxylic acids is 2. The molecule has 0 heterocycles. The second-order valence-electron chi connectivity index (χ2n) is 5.67. The topological polar surface area (TPSA) is 49.4 Å². The molecular weight excluding hydrogens is 288 g/mol. The van der Waals surface area contributed by atoms with Crippen molar-refractivity contribution in [2.45, 2.75) is 26.4 Å². The van der Waals surface area contributed by atoms with Crippen molar-refractivity contribution in [2.24, 2.45) is 0 Å². The van der Waals surface area contributed by atoms with E-state index in [1.807, 2.05) is 61.5 Å². The summed E-state index contributed by atoms with van der Waals surface area (Å²) in [6.45, 7) is 2.96. The van der Waals surface area contributed by atoms with E-state index < -0.39 is 0 Å². The molecule has 0 bridgehead atoms. The number of rotatable bonds is 6. The molecule has 120 valence electrons. The Bertz CT molecular complexity index is 651. The van der Waals surface area contributed by atoms with Gasteiger partial charge >= 0.3 is 0 Å². The molecule has 4 heteroatoms. The number of amides is 2. The van der Waals surface area contributed by atoms with Crippen molar-refractivity contribution in [3.05, 3.63) is 71.3 Å². The maximum Gasteiger partial charge on any atom is 0.232 e. The van der Waals surface area contributed by atoms with Gasteiger partial charge in [0.2, 0.25) is 11.8 Å². The highest BCUT2D eigenvalue weighted by atomic mass is 16.2. The van der Waals surface area contributed by atoms with Gasteiger partial charge in [-0.1, -0.05) is 60.2 Å². The van der Waals surface area contributed by atoms with E-state index in [1.165, 1.54) is 5.56 Å². The summed E-state index contributed by atoms with van der Waals surface area (Å²) in [4.78, 5) is 25.5. The summed E-state index contributed by atoms with van der Waals surface area (Å²) >= 11 is 0. The van der Waals surface area contributed by atoms with Crippen LogP contribution in [0.25, 0.3) is 0 Å². The van der Waals surface area contributed by atoms with Crippen LogP contribution >= 0.6 is 0 Å². The first kappa shape index (κ1) is 16.7. The Morgan fingerprint density at radius 2 is 1.61 bits per heavy atom. The van der Waals surface area contributed by atoms with E-state index >= 15 is 0 Å². The van der Waals surface area contributed by atoms with Crippen LogP contribution in [0.3, 0.4) is 0 Å². The highest BCUT2D eigenvalue weighted by Crippen LogP contribution is 2.05. The highest BCUT2D eigenvalue weighted by molar-refractivity contribution is 5.96. The van der Waals surface area contributed by atoms with Crippen LogP contribution in [0.4, 0.5) is 0 Å². The number of hydrogen-bond donors (Lipinski definition) is 1. The fraction of sp³-hybridized carbons (Fsp3) is 0.263. The van der Waals surface area contributed by atoms with Gasteiger partial charge in [-0.15, -0.1) is 0 Å². The largest absolute Gasteiger partial charge is 0.352 e. The Morgan fingerprint density at radius 3 is 2.26 bits per heavy atom. The minimum atomic E-state index is -0.254. The molecular formula is C19H22N2O2. The van der Waals surface area contributed by atoms with Crippen molar-refractivity contribution >= 4 is 11.8 Å². The summed E-state index contributed by atoms with van der Waals surface area (Å²) in [5.41, 5.74) is 3.25. The van der Waals surface area contributed by atoms with Gasteiger partial charge < -0.3 is 10.2 Å². The Labute approximate surface area is 137 Å². The van der Waals surface area contributed by atoms with Crippen LogP contribution in [-0.2, 0) is 22.7 Å². The normalized spacial score (nSPS) is 10.2. The number of nitrogens with one attached hydrogen (secondary N) is 1. The SMILES string of the molecule is Cc1ccc(CNC(=O)CC(=O)N(C)Cc2ccccc2)cc1. The third-order valence-corrected chi connectivity index (χ3v) is 3.61. The lowest BCUT2D eigenvalue weighted by Crippen LogP contribution is -2.32. The second-order valence-corrected chi connectivity index (χ2v) is 5.67. The van der Waals surface area contributed by atoms with Gasteiger partial charge in [0.15, 0.2) is 0 Å². The summed E-state index contributed by atoms with van der Waals surface area (Å²) in [5.74, 6) is -0.439. The van der Waals surface area contributed by atoms with Gasteiger partial charge in [0.25, 0.3) is 0 Å². The number of nitrogens with zero attached hydrogens (tertiary/aromatic N) is 1. The molecule has 4 nitrogen and oxygen atoms in total. The first-order valence-corrected chi connectivity index (χ1v) is 7.65. The Balaban J connectivity index is 1.77. The molecule has 23 heavy (non-hydrogen) atoms. The maximum absolute atomic E-state index is 12.1. The van der Waals surface area contributed by atoms with E-state index in [0.29, 0.717) is 13.1 Å². The zero-order valence-electron chi connectivity index (χ0n) is 13.6. The van der Waals surface area contributed by atoms with Gasteiger partial charge in [-0.25, -0.2) is 0 Å². The molecule has 0 fully saturated rings. The van der Waals surface area contributed by atoms with Crippen molar-refractivity contribution in [1.82, 2.24) is 10.2 Å². The quantitative estimate of drug-likeness (QED) is 0.834. The van der Waals surface area contributed by atoms with Crippen LogP contribution in [0.1, 0.15) is 23.1 Å². The molecule has 0 aliphatic heterocycles. The zero-order valence-corrected chi connectivity index (χ0v) is 13.6. The van der Waals surface area contributed by atoms with E-state index in [2.05, 4.69) is 5.32 Å². The third kappa shape index (κ3) is 5.58. The molecule has 0 unspecified atom stereocenters. The van der Waals surface area contributed by atoms with E-state index in [-0.39, 0.29) is 18.2 Å². The molecule has 2 rings (SSSR count). The van der Waals surface area contributed by atoms with Crippen molar-refractivity contribution in [2.75, 3.05) is 7.05 Å². The summed E-state index contributed by atoms with van der Waals surface area (Å²) < 4.78 is 0. The lowest BCUT2D eigenvalue weighted by Gasteiger charge is -2.17. The van der Waals surface area contributed by atoms with Crippen molar-refractivity contribution in [3.63, 3.8) is 0 Å². The lowest BCUT2D eigenvalue weighted by molar-refractivity contribution is -0.135. The van der Waals surface area contributed by atoms with Crippen LogP contribution in [0.2, 0.25) is 0 Å². The minimum absolute atomic E-state index is 0.130. The van der Waals surface area contributed by atoms with Crippen LogP contribution < -0.4 is 5.32 Å². The molecule has 0 spiro atoms. The zero-order chi connectivity index (χ0) is 16.7. The smallest absolute Gasteiger partial charge is 0.232 e. The Morgan fingerprint density at radius 1 is 0.957 bits per heavy atom. The molecule has 0 aromatic heterocycles. The van der Waals surface area contributed by atoms with Crippen LogP contribution in [0.5, 0.6) is 0 Å². The predicted molar refractivity (Wildman–Crippen MR) is 90.6 cm³/mol. The number of hydrogen-bond acceptors (Lipinski definition) is 2. The van der Waals surface area contributed by atoms with Crippen molar-refractivity contribution in [3.8, 4) is 0 Å². The molecule has 0 atom stereocenters. The minimum Gasteiger partial charge on any atom is -0.352 e. The lowest BCUT2D eigenvalue weighted by atomic mass is 10.1. The number of benzene rings is 2. The summed E-state index contributed by atoms with van der Waals surface area (Å²) in [7, 11) is 1.71.